The fraction of sp³-hybridized carbons (Fsp3) is 0.474. The molecule has 156 valence electrons. The van der Waals surface area contributed by atoms with Gasteiger partial charge in [0.05, 0.1) is 0 Å². The zero-order valence-electron chi connectivity index (χ0n) is 17.1. The number of aryl methyl sites for hydroxylation is 4. The van der Waals surface area contributed by atoms with Crippen molar-refractivity contribution in [1.82, 2.24) is 29.7 Å². The molecule has 29 heavy (non-hydrogen) atoms. The smallest absolute Gasteiger partial charge is 0.348 e. The highest BCUT2D eigenvalue weighted by atomic mass is 16.2. The van der Waals surface area contributed by atoms with Crippen molar-refractivity contribution in [1.29, 1.82) is 0 Å². The molecular formula is C19H26N6O4. The van der Waals surface area contributed by atoms with Gasteiger partial charge in [-0.05, 0) is 46.2 Å². The van der Waals surface area contributed by atoms with E-state index in [1.54, 1.807) is 39.8 Å². The SMILES string of the molecule is Cc1cc(C)n(CC(=O)NCCCNC(=O)Cn2c(C)cc(C)nc2=O)c(=O)n1. The summed E-state index contributed by atoms with van der Waals surface area (Å²) in [4.78, 5) is 55.4. The van der Waals surface area contributed by atoms with Crippen LogP contribution in [0.5, 0.6) is 0 Å². The van der Waals surface area contributed by atoms with Crippen molar-refractivity contribution in [3.8, 4) is 0 Å². The molecule has 2 heterocycles. The van der Waals surface area contributed by atoms with Gasteiger partial charge in [-0.1, -0.05) is 0 Å². The molecule has 2 rings (SSSR count). The van der Waals surface area contributed by atoms with E-state index in [0.717, 1.165) is 0 Å². The number of nitrogens with one attached hydrogen (secondary N) is 2. The lowest BCUT2D eigenvalue weighted by atomic mass is 10.3. The van der Waals surface area contributed by atoms with Crippen LogP contribution in [0.25, 0.3) is 0 Å². The Kier molecular flexibility index (Phi) is 7.40. The summed E-state index contributed by atoms with van der Waals surface area (Å²) in [7, 11) is 0. The van der Waals surface area contributed by atoms with Crippen LogP contribution in [0.15, 0.2) is 21.7 Å². The van der Waals surface area contributed by atoms with Gasteiger partial charge in [-0.25, -0.2) is 9.59 Å². The molecule has 0 atom stereocenters. The van der Waals surface area contributed by atoms with Crippen molar-refractivity contribution >= 4 is 11.8 Å². The van der Waals surface area contributed by atoms with Crippen molar-refractivity contribution in [2.75, 3.05) is 13.1 Å². The Hall–Kier alpha value is -3.30. The first-order valence-corrected chi connectivity index (χ1v) is 9.31. The van der Waals surface area contributed by atoms with Crippen LogP contribution in [0.3, 0.4) is 0 Å². The first-order valence-electron chi connectivity index (χ1n) is 9.31. The average molecular weight is 402 g/mol. The lowest BCUT2D eigenvalue weighted by Gasteiger charge is -2.11. The van der Waals surface area contributed by atoms with Crippen LogP contribution < -0.4 is 22.0 Å². The lowest BCUT2D eigenvalue weighted by Crippen LogP contribution is -2.37. The second kappa shape index (κ2) is 9.76. The number of amides is 2. The Bertz CT molecular complexity index is 943. The maximum Gasteiger partial charge on any atom is 0.348 e. The molecule has 0 aliphatic carbocycles. The van der Waals surface area contributed by atoms with E-state index >= 15 is 0 Å². The topological polar surface area (TPSA) is 128 Å². The first-order chi connectivity index (χ1) is 13.7. The van der Waals surface area contributed by atoms with Gasteiger partial charge in [0.25, 0.3) is 0 Å². The molecule has 0 radical (unpaired) electrons. The highest BCUT2D eigenvalue weighted by Gasteiger charge is 2.09. The summed E-state index contributed by atoms with van der Waals surface area (Å²) >= 11 is 0. The minimum atomic E-state index is -0.457. The van der Waals surface area contributed by atoms with Gasteiger partial charge >= 0.3 is 11.4 Å². The molecule has 0 aliphatic heterocycles. The van der Waals surface area contributed by atoms with Gasteiger partial charge in [-0.3, -0.25) is 18.7 Å². The number of aromatic nitrogens is 4. The Labute approximate surface area is 168 Å². The molecule has 0 aromatic carbocycles. The molecule has 2 aromatic heterocycles. The van der Waals surface area contributed by atoms with Gasteiger partial charge in [0.15, 0.2) is 0 Å². The summed E-state index contributed by atoms with van der Waals surface area (Å²) in [5.74, 6) is -0.611. The minimum Gasteiger partial charge on any atom is -0.354 e. The van der Waals surface area contributed by atoms with E-state index in [0.29, 0.717) is 42.3 Å². The number of hydrogen-bond donors (Lipinski definition) is 2. The van der Waals surface area contributed by atoms with Gasteiger partial charge in [-0.2, -0.15) is 9.97 Å². The van der Waals surface area contributed by atoms with E-state index in [4.69, 9.17) is 0 Å². The van der Waals surface area contributed by atoms with Crippen molar-refractivity contribution in [2.24, 2.45) is 0 Å². The van der Waals surface area contributed by atoms with Gasteiger partial charge in [-0.15, -0.1) is 0 Å². The van der Waals surface area contributed by atoms with E-state index < -0.39 is 11.4 Å². The summed E-state index contributed by atoms with van der Waals surface area (Å²) in [5.41, 5.74) is 1.64. The van der Waals surface area contributed by atoms with Gasteiger partial charge < -0.3 is 10.6 Å². The van der Waals surface area contributed by atoms with Gasteiger partial charge in [0.2, 0.25) is 11.8 Å². The van der Waals surface area contributed by atoms with Crippen LogP contribution >= 0.6 is 0 Å². The predicted octanol–water partition coefficient (Wildman–Crippen LogP) is -0.644. The Morgan fingerprint density at radius 1 is 0.793 bits per heavy atom. The second-order valence-corrected chi connectivity index (χ2v) is 6.87. The summed E-state index contributed by atoms with van der Waals surface area (Å²) < 4.78 is 2.61. The first kappa shape index (κ1) is 22.0. The van der Waals surface area contributed by atoms with Gasteiger partial charge in [0, 0.05) is 35.9 Å². The summed E-state index contributed by atoms with van der Waals surface area (Å²) in [6.45, 7) is 7.42. The Balaban J connectivity index is 1.73. The number of rotatable bonds is 8. The summed E-state index contributed by atoms with van der Waals surface area (Å²) in [6, 6.07) is 3.47. The molecule has 0 fully saturated rings. The zero-order valence-corrected chi connectivity index (χ0v) is 17.1. The van der Waals surface area contributed by atoms with Crippen LogP contribution in [-0.4, -0.2) is 44.0 Å². The third-order valence-corrected chi connectivity index (χ3v) is 4.29. The van der Waals surface area contributed by atoms with Crippen LogP contribution in [0.1, 0.15) is 29.2 Å². The molecule has 10 nitrogen and oxygen atoms in total. The highest BCUT2D eigenvalue weighted by molar-refractivity contribution is 5.76. The van der Waals surface area contributed by atoms with E-state index in [-0.39, 0.29) is 24.9 Å². The molecular weight excluding hydrogens is 376 g/mol. The molecule has 0 saturated carbocycles. The zero-order chi connectivity index (χ0) is 21.6. The molecule has 2 aromatic rings. The standard InChI is InChI=1S/C19H26N6O4/c1-12-8-14(3)24(18(28)22-12)10-16(26)20-6-5-7-21-17(27)11-25-15(4)9-13(2)23-19(25)29/h8-9H,5-7,10-11H2,1-4H3,(H,20,26)(H,21,27). The molecule has 10 heteroatoms. The number of nitrogens with zero attached hydrogens (tertiary/aromatic N) is 4. The molecule has 2 amide bonds. The lowest BCUT2D eigenvalue weighted by molar-refractivity contribution is -0.122. The normalized spacial score (nSPS) is 10.6. The van der Waals surface area contributed by atoms with Gasteiger partial charge in [0.1, 0.15) is 13.1 Å². The van der Waals surface area contributed by atoms with Crippen molar-refractivity contribution in [3.05, 3.63) is 55.9 Å². The highest BCUT2D eigenvalue weighted by Crippen LogP contribution is 1.97. The van der Waals surface area contributed by atoms with Crippen LogP contribution in [0.4, 0.5) is 0 Å². The molecule has 0 bridgehead atoms. The Morgan fingerprint density at radius 2 is 1.17 bits per heavy atom. The third kappa shape index (κ3) is 6.37. The largest absolute Gasteiger partial charge is 0.354 e. The van der Waals surface area contributed by atoms with E-state index in [9.17, 15) is 19.2 Å². The quantitative estimate of drug-likeness (QED) is 0.565. The molecule has 2 N–H and O–H groups in total. The molecule has 0 unspecified atom stereocenters. The monoisotopic (exact) mass is 402 g/mol. The number of hydrogen-bond acceptors (Lipinski definition) is 6. The van der Waals surface area contributed by atoms with Crippen molar-refractivity contribution < 1.29 is 9.59 Å². The minimum absolute atomic E-state index is 0.104. The van der Waals surface area contributed by atoms with E-state index in [1.807, 2.05) is 0 Å². The molecule has 0 aliphatic rings. The summed E-state index contributed by atoms with van der Waals surface area (Å²) in [6.07, 6.45) is 0.511. The molecule has 0 spiro atoms. The fourth-order valence-corrected chi connectivity index (χ4v) is 2.88. The maximum atomic E-state index is 12.0. The number of carbonyl (C=O) groups is 2. The van der Waals surface area contributed by atoms with Crippen molar-refractivity contribution in [2.45, 2.75) is 47.2 Å². The van der Waals surface area contributed by atoms with Crippen LogP contribution in [0.2, 0.25) is 0 Å². The fourth-order valence-electron chi connectivity index (χ4n) is 2.88. The maximum absolute atomic E-state index is 12.0. The van der Waals surface area contributed by atoms with E-state index in [1.165, 1.54) is 9.13 Å². The van der Waals surface area contributed by atoms with Crippen LogP contribution in [-0.2, 0) is 22.7 Å². The average Bonchev–Trinajstić information content (AvgIpc) is 2.61. The van der Waals surface area contributed by atoms with Crippen LogP contribution in [0, 0.1) is 27.7 Å². The van der Waals surface area contributed by atoms with E-state index in [2.05, 4.69) is 20.6 Å². The van der Waals surface area contributed by atoms with Crippen molar-refractivity contribution in [3.63, 3.8) is 0 Å². The number of carbonyl (C=O) groups excluding carboxylic acids is 2. The molecule has 0 saturated heterocycles. The summed E-state index contributed by atoms with van der Waals surface area (Å²) in [5, 5.41) is 5.41. The Morgan fingerprint density at radius 3 is 1.52 bits per heavy atom. The predicted molar refractivity (Wildman–Crippen MR) is 107 cm³/mol. The second-order valence-electron chi connectivity index (χ2n) is 6.87. The third-order valence-electron chi connectivity index (χ3n) is 4.29.